The Labute approximate surface area is 150 Å². The standard InChI is InChI=1S/C18H19NO6S/c1-9-7-11-10-5-6-18(2)12(3-4-15(18)20)16(10)17(21)24-14(11)8-13(9)25-26(19,22)23/h7-8,12H,3-6H2,1-2H3,(H2,19,22,23)/t12?,18-/m0/s1. The minimum Gasteiger partial charge on any atom is -0.422 e. The highest BCUT2D eigenvalue weighted by Crippen LogP contribution is 2.53. The van der Waals surface area contributed by atoms with Crippen molar-refractivity contribution in [3.05, 3.63) is 39.2 Å². The van der Waals surface area contributed by atoms with E-state index in [-0.39, 0.29) is 23.0 Å². The van der Waals surface area contributed by atoms with E-state index in [0.29, 0.717) is 36.8 Å². The fraction of sp³-hybridized carbons (Fsp3) is 0.444. The van der Waals surface area contributed by atoms with Crippen LogP contribution in [0.3, 0.4) is 0 Å². The normalized spacial score (nSPS) is 25.2. The van der Waals surface area contributed by atoms with Crippen molar-refractivity contribution in [1.29, 1.82) is 0 Å². The van der Waals surface area contributed by atoms with Gasteiger partial charge in [-0.05, 0) is 43.4 Å². The number of fused-ring (bicyclic) bond motifs is 5. The fourth-order valence-corrected chi connectivity index (χ4v) is 4.91. The van der Waals surface area contributed by atoms with Crippen LogP contribution in [-0.2, 0) is 21.5 Å². The summed E-state index contributed by atoms with van der Waals surface area (Å²) in [4.78, 5) is 25.0. The van der Waals surface area contributed by atoms with Gasteiger partial charge in [-0.1, -0.05) is 6.92 Å². The molecular formula is C18H19NO6S. The number of Topliss-reactive ketones (excluding diaryl/α,β-unsaturated/α-hetero) is 1. The molecule has 1 heterocycles. The molecule has 1 unspecified atom stereocenters. The Balaban J connectivity index is 1.94. The first kappa shape index (κ1) is 17.2. The SMILES string of the molecule is Cc1cc2c3c(c(=O)oc2cc1OS(N)(=O)=O)C1CCC(=O)[C@@]1(C)CC3. The molecule has 0 saturated heterocycles. The number of hydrogen-bond acceptors (Lipinski definition) is 6. The van der Waals surface area contributed by atoms with Crippen LogP contribution >= 0.6 is 0 Å². The van der Waals surface area contributed by atoms with E-state index in [2.05, 4.69) is 0 Å². The van der Waals surface area contributed by atoms with Crippen molar-refractivity contribution in [2.45, 2.75) is 45.4 Å². The van der Waals surface area contributed by atoms with Crippen LogP contribution in [0, 0.1) is 12.3 Å². The van der Waals surface area contributed by atoms with Crippen molar-refractivity contribution in [1.82, 2.24) is 0 Å². The van der Waals surface area contributed by atoms with Gasteiger partial charge >= 0.3 is 15.9 Å². The minimum absolute atomic E-state index is 0.0276. The Morgan fingerprint density at radius 3 is 2.69 bits per heavy atom. The maximum Gasteiger partial charge on any atom is 0.380 e. The van der Waals surface area contributed by atoms with Gasteiger partial charge in [0, 0.05) is 34.8 Å². The Morgan fingerprint density at radius 1 is 1.27 bits per heavy atom. The second kappa shape index (κ2) is 5.40. The van der Waals surface area contributed by atoms with Crippen LogP contribution in [0.2, 0.25) is 0 Å². The van der Waals surface area contributed by atoms with Crippen LogP contribution in [0.1, 0.15) is 48.8 Å². The number of carbonyl (C=O) groups is 1. The summed E-state index contributed by atoms with van der Waals surface area (Å²) in [6.07, 6.45) is 2.43. The summed E-state index contributed by atoms with van der Waals surface area (Å²) in [6, 6.07) is 3.13. The summed E-state index contributed by atoms with van der Waals surface area (Å²) in [5.41, 5.74) is 1.34. The molecule has 8 heteroatoms. The molecule has 1 saturated carbocycles. The number of hydrogen-bond donors (Lipinski definition) is 1. The smallest absolute Gasteiger partial charge is 0.380 e. The highest BCUT2D eigenvalue weighted by atomic mass is 32.2. The monoisotopic (exact) mass is 377 g/mol. The molecule has 138 valence electrons. The van der Waals surface area contributed by atoms with Gasteiger partial charge in [0.25, 0.3) is 0 Å². The van der Waals surface area contributed by atoms with E-state index >= 15 is 0 Å². The van der Waals surface area contributed by atoms with Crippen molar-refractivity contribution in [2.75, 3.05) is 0 Å². The molecule has 2 atom stereocenters. The number of nitrogens with two attached hydrogens (primary N) is 1. The lowest BCUT2D eigenvalue weighted by atomic mass is 9.66. The molecule has 2 aliphatic carbocycles. The molecule has 1 aromatic carbocycles. The summed E-state index contributed by atoms with van der Waals surface area (Å²) in [5, 5.41) is 5.68. The second-order valence-electron chi connectivity index (χ2n) is 7.40. The lowest BCUT2D eigenvalue weighted by molar-refractivity contribution is -0.126. The molecule has 7 nitrogen and oxygen atoms in total. The number of aryl methyl sites for hydroxylation is 2. The maximum atomic E-state index is 12.7. The van der Waals surface area contributed by atoms with Gasteiger partial charge in [0.1, 0.15) is 11.4 Å². The molecule has 1 fully saturated rings. The van der Waals surface area contributed by atoms with Crippen LogP contribution in [0.15, 0.2) is 21.3 Å². The summed E-state index contributed by atoms with van der Waals surface area (Å²) >= 11 is 0. The molecule has 0 spiro atoms. The first-order valence-corrected chi connectivity index (χ1v) is 9.93. The molecule has 0 radical (unpaired) electrons. The first-order chi connectivity index (χ1) is 12.1. The molecular weight excluding hydrogens is 358 g/mol. The van der Waals surface area contributed by atoms with Crippen molar-refractivity contribution in [2.24, 2.45) is 10.6 Å². The van der Waals surface area contributed by atoms with Crippen LogP contribution < -0.4 is 14.9 Å². The second-order valence-corrected chi connectivity index (χ2v) is 8.56. The molecule has 0 aliphatic heterocycles. The van der Waals surface area contributed by atoms with Crippen molar-refractivity contribution < 1.29 is 21.8 Å². The highest BCUT2D eigenvalue weighted by Gasteiger charge is 2.50. The van der Waals surface area contributed by atoms with Crippen molar-refractivity contribution in [3.63, 3.8) is 0 Å². The number of benzene rings is 1. The molecule has 1 aromatic heterocycles. The topological polar surface area (TPSA) is 117 Å². The lowest BCUT2D eigenvalue weighted by Gasteiger charge is -2.35. The van der Waals surface area contributed by atoms with Gasteiger partial charge in [-0.3, -0.25) is 4.79 Å². The van der Waals surface area contributed by atoms with Crippen molar-refractivity contribution in [3.8, 4) is 5.75 Å². The van der Waals surface area contributed by atoms with E-state index in [1.54, 1.807) is 13.0 Å². The summed E-state index contributed by atoms with van der Waals surface area (Å²) < 4.78 is 32.7. The van der Waals surface area contributed by atoms with Gasteiger partial charge in [-0.15, -0.1) is 0 Å². The van der Waals surface area contributed by atoms with Crippen LogP contribution in [0.5, 0.6) is 5.75 Å². The molecule has 4 rings (SSSR count). The van der Waals surface area contributed by atoms with Gasteiger partial charge in [-0.2, -0.15) is 13.6 Å². The van der Waals surface area contributed by atoms with Gasteiger partial charge in [0.05, 0.1) is 0 Å². The molecule has 2 aliphatic rings. The first-order valence-electron chi connectivity index (χ1n) is 8.46. The third-order valence-electron chi connectivity index (χ3n) is 5.86. The van der Waals surface area contributed by atoms with Crippen molar-refractivity contribution >= 4 is 27.1 Å². The molecule has 26 heavy (non-hydrogen) atoms. The molecule has 2 aromatic rings. The third-order valence-corrected chi connectivity index (χ3v) is 6.28. The third kappa shape index (κ3) is 2.47. The Bertz CT molecular complexity index is 1120. The van der Waals surface area contributed by atoms with E-state index in [0.717, 1.165) is 10.9 Å². The highest BCUT2D eigenvalue weighted by molar-refractivity contribution is 7.84. The predicted molar refractivity (Wildman–Crippen MR) is 94.4 cm³/mol. The zero-order chi connectivity index (χ0) is 18.9. The fourth-order valence-electron chi connectivity index (χ4n) is 4.48. The summed E-state index contributed by atoms with van der Waals surface area (Å²) in [5.74, 6) is 0.112. The maximum absolute atomic E-state index is 12.7. The quantitative estimate of drug-likeness (QED) is 0.801. The van der Waals surface area contributed by atoms with Crippen LogP contribution in [0.4, 0.5) is 0 Å². The zero-order valence-corrected chi connectivity index (χ0v) is 15.3. The number of ketones is 1. The Kier molecular flexibility index (Phi) is 3.58. The van der Waals surface area contributed by atoms with E-state index in [1.807, 2.05) is 6.92 Å². The van der Waals surface area contributed by atoms with E-state index in [9.17, 15) is 18.0 Å². The van der Waals surface area contributed by atoms with Gasteiger partial charge in [0.15, 0.2) is 5.75 Å². The van der Waals surface area contributed by atoms with Gasteiger partial charge < -0.3 is 8.60 Å². The molecule has 2 N–H and O–H groups in total. The molecule has 0 amide bonds. The van der Waals surface area contributed by atoms with Crippen LogP contribution in [-0.4, -0.2) is 14.2 Å². The van der Waals surface area contributed by atoms with Gasteiger partial charge in [-0.25, -0.2) is 4.79 Å². The lowest BCUT2D eigenvalue weighted by Crippen LogP contribution is -2.35. The van der Waals surface area contributed by atoms with E-state index < -0.39 is 21.3 Å². The Morgan fingerprint density at radius 2 is 2.00 bits per heavy atom. The van der Waals surface area contributed by atoms with E-state index in [4.69, 9.17) is 13.7 Å². The van der Waals surface area contributed by atoms with Gasteiger partial charge in [0.2, 0.25) is 0 Å². The van der Waals surface area contributed by atoms with E-state index in [1.165, 1.54) is 6.07 Å². The predicted octanol–water partition coefficient (Wildman–Crippen LogP) is 2.08. The van der Waals surface area contributed by atoms with Crippen LogP contribution in [0.25, 0.3) is 11.0 Å². The Hall–Kier alpha value is -2.19. The average Bonchev–Trinajstić information content (AvgIpc) is 2.83. The summed E-state index contributed by atoms with van der Waals surface area (Å²) in [6.45, 7) is 3.64. The largest absolute Gasteiger partial charge is 0.422 e. The zero-order valence-electron chi connectivity index (χ0n) is 14.5. The minimum atomic E-state index is -4.18. The summed E-state index contributed by atoms with van der Waals surface area (Å²) in [7, 11) is -4.18. The number of carbonyl (C=O) groups excluding carboxylic acids is 1. The molecule has 0 bridgehead atoms. The number of rotatable bonds is 2. The average molecular weight is 377 g/mol.